The summed E-state index contributed by atoms with van der Waals surface area (Å²) < 4.78 is 7.12. The lowest BCUT2D eigenvalue weighted by atomic mass is 10.2. The molecule has 1 heterocycles. The zero-order valence-corrected chi connectivity index (χ0v) is 15.7. The standard InChI is InChI=1S/C17H13BrN2O2S2/c18-14-8-13(9-19-20-16(21)11-24-17(20)23)6-7-15(14)22-10-12-4-2-1-3-5-12/h1-9H,10-11H2/b19-9+. The summed E-state index contributed by atoms with van der Waals surface area (Å²) in [7, 11) is 0. The van der Waals surface area contributed by atoms with Crippen LogP contribution in [-0.2, 0) is 11.4 Å². The second kappa shape index (κ2) is 7.92. The van der Waals surface area contributed by atoms with Crippen LogP contribution < -0.4 is 4.74 Å². The fourth-order valence-corrected chi connectivity index (χ4v) is 3.51. The van der Waals surface area contributed by atoms with Crippen LogP contribution in [0.1, 0.15) is 11.1 Å². The van der Waals surface area contributed by atoms with Gasteiger partial charge >= 0.3 is 0 Å². The average molecular weight is 421 g/mol. The minimum atomic E-state index is -0.0943. The van der Waals surface area contributed by atoms with Crippen molar-refractivity contribution in [3.05, 3.63) is 64.1 Å². The fraction of sp³-hybridized carbons (Fsp3) is 0.118. The van der Waals surface area contributed by atoms with E-state index >= 15 is 0 Å². The maximum Gasteiger partial charge on any atom is 0.259 e. The van der Waals surface area contributed by atoms with E-state index in [9.17, 15) is 4.79 Å². The Bertz CT molecular complexity index is 780. The van der Waals surface area contributed by atoms with Gasteiger partial charge in [-0.3, -0.25) is 4.79 Å². The normalized spacial score (nSPS) is 14.6. The summed E-state index contributed by atoms with van der Waals surface area (Å²) in [5, 5.41) is 5.41. The number of amides is 1. The van der Waals surface area contributed by atoms with Crippen LogP contribution in [0.5, 0.6) is 5.75 Å². The highest BCUT2D eigenvalue weighted by Gasteiger charge is 2.25. The third-order valence-electron chi connectivity index (χ3n) is 3.24. The van der Waals surface area contributed by atoms with Gasteiger partial charge in [0.05, 0.1) is 16.4 Å². The Morgan fingerprint density at radius 3 is 2.75 bits per heavy atom. The minimum Gasteiger partial charge on any atom is -0.488 e. The maximum atomic E-state index is 11.6. The van der Waals surface area contributed by atoms with Gasteiger partial charge in [0.25, 0.3) is 5.91 Å². The number of hydrogen-bond donors (Lipinski definition) is 0. The zero-order valence-electron chi connectivity index (χ0n) is 12.5. The lowest BCUT2D eigenvalue weighted by Gasteiger charge is -2.09. The molecule has 0 saturated carbocycles. The number of carbonyl (C=O) groups is 1. The first-order valence-corrected chi connectivity index (χ1v) is 9.32. The van der Waals surface area contributed by atoms with Gasteiger partial charge in [-0.05, 0) is 45.3 Å². The number of thiocarbonyl (C=S) groups is 1. The van der Waals surface area contributed by atoms with Crippen LogP contribution in [0.3, 0.4) is 0 Å². The van der Waals surface area contributed by atoms with E-state index in [2.05, 4.69) is 21.0 Å². The predicted molar refractivity (Wildman–Crippen MR) is 104 cm³/mol. The fourth-order valence-electron chi connectivity index (χ4n) is 2.03. The first-order valence-electron chi connectivity index (χ1n) is 7.13. The van der Waals surface area contributed by atoms with Crippen LogP contribution in [0, 0.1) is 0 Å². The molecule has 1 fully saturated rings. The van der Waals surface area contributed by atoms with Crippen LogP contribution in [-0.4, -0.2) is 27.2 Å². The molecule has 2 aromatic rings. The maximum absolute atomic E-state index is 11.6. The molecule has 0 N–H and O–H groups in total. The summed E-state index contributed by atoms with van der Waals surface area (Å²) in [6.45, 7) is 0.501. The molecule has 4 nitrogen and oxygen atoms in total. The van der Waals surface area contributed by atoms with Crippen LogP contribution in [0.2, 0.25) is 0 Å². The predicted octanol–water partition coefficient (Wildman–Crippen LogP) is 4.22. The van der Waals surface area contributed by atoms with Crippen LogP contribution in [0.25, 0.3) is 0 Å². The monoisotopic (exact) mass is 420 g/mol. The van der Waals surface area contributed by atoms with Gasteiger partial charge in [-0.2, -0.15) is 10.1 Å². The van der Waals surface area contributed by atoms with Crippen LogP contribution >= 0.6 is 39.9 Å². The van der Waals surface area contributed by atoms with E-state index in [0.29, 0.717) is 16.7 Å². The number of rotatable bonds is 5. The van der Waals surface area contributed by atoms with Crippen molar-refractivity contribution in [3.8, 4) is 5.75 Å². The smallest absolute Gasteiger partial charge is 0.259 e. The molecule has 1 amide bonds. The number of carbonyl (C=O) groups excluding carboxylic acids is 1. The Hall–Kier alpha value is -1.70. The van der Waals surface area contributed by atoms with Gasteiger partial charge in [0.15, 0.2) is 4.32 Å². The lowest BCUT2D eigenvalue weighted by Crippen LogP contribution is -2.22. The van der Waals surface area contributed by atoms with E-state index in [-0.39, 0.29) is 5.91 Å². The first kappa shape index (κ1) is 17.1. The first-order chi connectivity index (χ1) is 11.6. The highest BCUT2D eigenvalue weighted by molar-refractivity contribution is 9.10. The van der Waals surface area contributed by atoms with E-state index < -0.39 is 0 Å². The third-order valence-corrected chi connectivity index (χ3v) is 5.20. The Kier molecular flexibility index (Phi) is 5.65. The van der Waals surface area contributed by atoms with Crippen molar-refractivity contribution in [1.29, 1.82) is 0 Å². The second-order valence-corrected chi connectivity index (χ2v) is 7.43. The molecule has 0 atom stereocenters. The van der Waals surface area contributed by atoms with Gasteiger partial charge in [-0.1, -0.05) is 54.3 Å². The Morgan fingerprint density at radius 1 is 1.29 bits per heavy atom. The Labute approximate surface area is 158 Å². The van der Waals surface area contributed by atoms with Gasteiger partial charge in [-0.25, -0.2) is 0 Å². The minimum absolute atomic E-state index is 0.0943. The number of nitrogens with zero attached hydrogens (tertiary/aromatic N) is 2. The van der Waals surface area contributed by atoms with Crippen molar-refractivity contribution in [1.82, 2.24) is 5.01 Å². The van der Waals surface area contributed by atoms with Crippen molar-refractivity contribution in [2.45, 2.75) is 6.61 Å². The molecule has 1 saturated heterocycles. The van der Waals surface area contributed by atoms with Crippen LogP contribution in [0.4, 0.5) is 0 Å². The summed E-state index contributed by atoms with van der Waals surface area (Å²) in [5.74, 6) is 1.01. The van der Waals surface area contributed by atoms with E-state index in [1.54, 1.807) is 6.21 Å². The highest BCUT2D eigenvalue weighted by atomic mass is 79.9. The molecule has 24 heavy (non-hydrogen) atoms. The molecular formula is C17H13BrN2O2S2. The molecule has 0 spiro atoms. The molecule has 122 valence electrons. The number of hydrazone groups is 1. The molecule has 0 unspecified atom stereocenters. The molecule has 3 rings (SSSR count). The molecule has 0 aromatic heterocycles. The van der Waals surface area contributed by atoms with Crippen molar-refractivity contribution >= 4 is 56.4 Å². The highest BCUT2D eigenvalue weighted by Crippen LogP contribution is 2.26. The molecule has 1 aliphatic heterocycles. The largest absolute Gasteiger partial charge is 0.488 e. The van der Waals surface area contributed by atoms with E-state index in [1.165, 1.54) is 16.8 Å². The number of hydrogen-bond acceptors (Lipinski definition) is 5. The van der Waals surface area contributed by atoms with Crippen molar-refractivity contribution in [3.63, 3.8) is 0 Å². The van der Waals surface area contributed by atoms with E-state index in [1.807, 2.05) is 48.5 Å². The van der Waals surface area contributed by atoms with E-state index in [0.717, 1.165) is 21.3 Å². The second-order valence-electron chi connectivity index (χ2n) is 4.97. The molecule has 0 aliphatic carbocycles. The molecular weight excluding hydrogens is 408 g/mol. The zero-order chi connectivity index (χ0) is 16.9. The molecule has 2 aromatic carbocycles. The topological polar surface area (TPSA) is 41.9 Å². The van der Waals surface area contributed by atoms with Gasteiger partial charge in [0.1, 0.15) is 12.4 Å². The number of benzene rings is 2. The van der Waals surface area contributed by atoms with Gasteiger partial charge in [0.2, 0.25) is 0 Å². The number of halogens is 1. The Morgan fingerprint density at radius 2 is 2.08 bits per heavy atom. The molecule has 7 heteroatoms. The SMILES string of the molecule is O=C1CSC(=S)N1/N=C/c1ccc(OCc2ccccc2)c(Br)c1. The van der Waals surface area contributed by atoms with Crippen LogP contribution in [0.15, 0.2) is 58.1 Å². The summed E-state index contributed by atoms with van der Waals surface area (Å²) in [6, 6.07) is 15.6. The summed E-state index contributed by atoms with van der Waals surface area (Å²) in [6.07, 6.45) is 1.61. The quantitative estimate of drug-likeness (QED) is 0.536. The Balaban J connectivity index is 1.66. The van der Waals surface area contributed by atoms with Gasteiger partial charge in [0, 0.05) is 0 Å². The third kappa shape index (κ3) is 4.23. The van der Waals surface area contributed by atoms with E-state index in [4.69, 9.17) is 17.0 Å². The average Bonchev–Trinajstić information content (AvgIpc) is 2.91. The van der Waals surface area contributed by atoms with Crippen molar-refractivity contribution in [2.75, 3.05) is 5.75 Å². The van der Waals surface area contributed by atoms with Crippen molar-refractivity contribution < 1.29 is 9.53 Å². The number of thioether (sulfide) groups is 1. The summed E-state index contributed by atoms with van der Waals surface area (Å²) >= 11 is 9.91. The lowest BCUT2D eigenvalue weighted by molar-refractivity contribution is -0.123. The van der Waals surface area contributed by atoms with Gasteiger partial charge < -0.3 is 4.74 Å². The molecule has 0 radical (unpaired) electrons. The summed E-state index contributed by atoms with van der Waals surface area (Å²) in [5.41, 5.74) is 1.95. The summed E-state index contributed by atoms with van der Waals surface area (Å²) in [4.78, 5) is 11.6. The van der Waals surface area contributed by atoms with Gasteiger partial charge in [-0.15, -0.1) is 0 Å². The van der Waals surface area contributed by atoms with Crippen molar-refractivity contribution in [2.24, 2.45) is 5.10 Å². The number of ether oxygens (including phenoxy) is 1. The molecule has 1 aliphatic rings. The molecule has 0 bridgehead atoms.